The Kier molecular flexibility index (Phi) is 4.63. The molecule has 2 heteroatoms. The van der Waals surface area contributed by atoms with Gasteiger partial charge in [0.25, 0.3) is 0 Å². The van der Waals surface area contributed by atoms with Crippen molar-refractivity contribution in [3.05, 3.63) is 35.4 Å². The van der Waals surface area contributed by atoms with Crippen LogP contribution in [0.4, 0.5) is 0 Å². The molecule has 0 amide bonds. The van der Waals surface area contributed by atoms with Crippen LogP contribution in [0.25, 0.3) is 0 Å². The average Bonchev–Trinajstić information content (AvgIpc) is 2.20. The molecule has 0 heterocycles. The van der Waals surface area contributed by atoms with Gasteiger partial charge in [-0.3, -0.25) is 0 Å². The van der Waals surface area contributed by atoms with Crippen LogP contribution in [0.15, 0.2) is 35.4 Å². The molecule has 0 aromatic heterocycles. The van der Waals surface area contributed by atoms with Crippen LogP contribution in [0.5, 0.6) is 0 Å². The Morgan fingerprint density at radius 3 is 2.86 bits per heavy atom. The van der Waals surface area contributed by atoms with Gasteiger partial charge in [-0.1, -0.05) is 28.6 Å². The number of hydrogen-bond donors (Lipinski definition) is 1. The van der Waals surface area contributed by atoms with Gasteiger partial charge in [0.05, 0.1) is 6.10 Å². The molecule has 78 valence electrons. The van der Waals surface area contributed by atoms with E-state index in [1.165, 1.54) is 0 Å². The van der Waals surface area contributed by atoms with Gasteiger partial charge in [0.15, 0.2) is 0 Å². The Balaban J connectivity index is 2.59. The predicted octanol–water partition coefficient (Wildman–Crippen LogP) is 3.56. The third-order valence-electron chi connectivity index (χ3n) is 2.87. The number of halogens is 1. The Bertz CT molecular complexity index is 255. The number of aliphatic hydroxyl groups excluding tert-OH is 1. The van der Waals surface area contributed by atoms with Crippen molar-refractivity contribution in [2.24, 2.45) is 5.92 Å². The zero-order chi connectivity index (χ0) is 10.6. The summed E-state index contributed by atoms with van der Waals surface area (Å²) in [4.78, 5) is 1.88. The number of allylic oxidation sites excluding steroid dienone is 1. The quantitative estimate of drug-likeness (QED) is 0.766. The summed E-state index contributed by atoms with van der Waals surface area (Å²) in [6, 6.07) is 0. The number of hydrogen-bond acceptors (Lipinski definition) is 1. The van der Waals surface area contributed by atoms with Gasteiger partial charge in [0, 0.05) is 0 Å². The molecule has 1 aliphatic carbocycles. The molecule has 0 aromatic rings. The minimum absolute atomic E-state index is 0.358. The zero-order valence-electron chi connectivity index (χ0n) is 8.38. The van der Waals surface area contributed by atoms with Crippen molar-refractivity contribution in [1.29, 1.82) is 0 Å². The third-order valence-corrected chi connectivity index (χ3v) is 3.43. The minimum Gasteiger partial charge on any atom is -0.388 e. The van der Waals surface area contributed by atoms with Gasteiger partial charge in [-0.05, 0) is 47.7 Å². The van der Waals surface area contributed by atoms with Gasteiger partial charge in [-0.25, -0.2) is 0 Å². The first-order valence-electron chi connectivity index (χ1n) is 4.98. The average molecular weight is 257 g/mol. The normalized spacial score (nSPS) is 30.7. The van der Waals surface area contributed by atoms with Crippen molar-refractivity contribution in [2.75, 3.05) is 0 Å². The van der Waals surface area contributed by atoms with Crippen molar-refractivity contribution in [1.82, 2.24) is 0 Å². The maximum absolute atomic E-state index is 9.97. The summed E-state index contributed by atoms with van der Waals surface area (Å²) in [7, 11) is 0. The van der Waals surface area contributed by atoms with Crippen molar-refractivity contribution in [3.8, 4) is 0 Å². The van der Waals surface area contributed by atoms with E-state index in [0.29, 0.717) is 5.92 Å². The number of aliphatic hydroxyl groups is 1. The van der Waals surface area contributed by atoms with Crippen molar-refractivity contribution >= 4 is 15.9 Å². The van der Waals surface area contributed by atoms with Crippen LogP contribution in [-0.4, -0.2) is 11.2 Å². The van der Waals surface area contributed by atoms with E-state index < -0.39 is 0 Å². The lowest BCUT2D eigenvalue weighted by molar-refractivity contribution is 0.122. The maximum Gasteiger partial charge on any atom is 0.0815 e. The van der Waals surface area contributed by atoms with E-state index >= 15 is 0 Å². The molecule has 0 aromatic carbocycles. The Labute approximate surface area is 94.3 Å². The first-order valence-corrected chi connectivity index (χ1v) is 5.89. The molecule has 2 unspecified atom stereocenters. The molecule has 1 N–H and O–H groups in total. The van der Waals surface area contributed by atoms with Gasteiger partial charge in [0.1, 0.15) is 0 Å². The third kappa shape index (κ3) is 2.58. The lowest BCUT2D eigenvalue weighted by atomic mass is 9.79. The standard InChI is InChI=1S/C12H17BrO/c1-3-4-5-10-6-7-11(8-13)9(2)12(10)14/h3,8,10,12,14H,1-2,4-7H2/b11-8-. The van der Waals surface area contributed by atoms with Gasteiger partial charge in [0.2, 0.25) is 0 Å². The SMILES string of the molecule is C=CCCC1CC/C(=C/Br)C(=C)C1O. The van der Waals surface area contributed by atoms with E-state index in [0.717, 1.165) is 36.8 Å². The summed E-state index contributed by atoms with van der Waals surface area (Å²) in [5, 5.41) is 9.97. The molecule has 1 aliphatic rings. The van der Waals surface area contributed by atoms with Crippen molar-refractivity contribution < 1.29 is 5.11 Å². The van der Waals surface area contributed by atoms with Crippen molar-refractivity contribution in [3.63, 3.8) is 0 Å². The van der Waals surface area contributed by atoms with Crippen LogP contribution in [0, 0.1) is 5.92 Å². The lowest BCUT2D eigenvalue weighted by Gasteiger charge is -2.31. The van der Waals surface area contributed by atoms with E-state index in [-0.39, 0.29) is 6.10 Å². The summed E-state index contributed by atoms with van der Waals surface area (Å²) in [5.41, 5.74) is 2.02. The fourth-order valence-corrected chi connectivity index (χ4v) is 2.42. The first-order chi connectivity index (χ1) is 6.70. The maximum atomic E-state index is 9.97. The van der Waals surface area contributed by atoms with Crippen LogP contribution in [-0.2, 0) is 0 Å². The molecule has 0 spiro atoms. The highest BCUT2D eigenvalue weighted by molar-refractivity contribution is 9.11. The van der Waals surface area contributed by atoms with Crippen LogP contribution >= 0.6 is 15.9 Å². The van der Waals surface area contributed by atoms with Crippen LogP contribution in [0.1, 0.15) is 25.7 Å². The topological polar surface area (TPSA) is 20.2 Å². The second-order valence-corrected chi connectivity index (χ2v) is 4.23. The molecule has 1 rings (SSSR count). The van der Waals surface area contributed by atoms with E-state index in [2.05, 4.69) is 29.1 Å². The number of rotatable bonds is 3. The molecule has 1 saturated carbocycles. The van der Waals surface area contributed by atoms with E-state index in [9.17, 15) is 5.11 Å². The molecular weight excluding hydrogens is 240 g/mol. The van der Waals surface area contributed by atoms with Gasteiger partial charge >= 0.3 is 0 Å². The van der Waals surface area contributed by atoms with Crippen molar-refractivity contribution in [2.45, 2.75) is 31.8 Å². The predicted molar refractivity (Wildman–Crippen MR) is 64.3 cm³/mol. The zero-order valence-corrected chi connectivity index (χ0v) is 9.96. The molecule has 2 atom stereocenters. The summed E-state index contributed by atoms with van der Waals surface area (Å²) in [6.45, 7) is 7.63. The highest BCUT2D eigenvalue weighted by Gasteiger charge is 2.27. The molecule has 0 saturated heterocycles. The van der Waals surface area contributed by atoms with E-state index in [1.54, 1.807) is 0 Å². The summed E-state index contributed by atoms with van der Waals surface area (Å²) in [5.74, 6) is 0.358. The molecule has 14 heavy (non-hydrogen) atoms. The molecule has 0 bridgehead atoms. The van der Waals surface area contributed by atoms with Crippen LogP contribution in [0.3, 0.4) is 0 Å². The monoisotopic (exact) mass is 256 g/mol. The van der Waals surface area contributed by atoms with E-state index in [1.807, 2.05) is 11.1 Å². The largest absolute Gasteiger partial charge is 0.388 e. The Morgan fingerprint density at radius 2 is 2.29 bits per heavy atom. The molecule has 1 nitrogen and oxygen atoms in total. The Morgan fingerprint density at radius 1 is 1.57 bits per heavy atom. The van der Waals surface area contributed by atoms with Gasteiger partial charge < -0.3 is 5.11 Å². The molecule has 1 fully saturated rings. The lowest BCUT2D eigenvalue weighted by Crippen LogP contribution is -2.27. The second kappa shape index (κ2) is 5.52. The van der Waals surface area contributed by atoms with Gasteiger partial charge in [-0.2, -0.15) is 0 Å². The van der Waals surface area contributed by atoms with Gasteiger partial charge in [-0.15, -0.1) is 6.58 Å². The molecule has 0 aliphatic heterocycles. The molecular formula is C12H17BrO. The minimum atomic E-state index is -0.368. The smallest absolute Gasteiger partial charge is 0.0815 e. The fraction of sp³-hybridized carbons (Fsp3) is 0.500. The summed E-state index contributed by atoms with van der Waals surface area (Å²) < 4.78 is 0. The van der Waals surface area contributed by atoms with E-state index in [4.69, 9.17) is 0 Å². The molecule has 0 radical (unpaired) electrons. The first kappa shape index (κ1) is 11.7. The summed E-state index contributed by atoms with van der Waals surface area (Å²) in [6.07, 6.45) is 5.59. The Hall–Kier alpha value is -0.340. The highest BCUT2D eigenvalue weighted by Crippen LogP contribution is 2.35. The fourth-order valence-electron chi connectivity index (χ4n) is 1.89. The second-order valence-electron chi connectivity index (χ2n) is 3.77. The van der Waals surface area contributed by atoms with Crippen LogP contribution < -0.4 is 0 Å². The summed E-state index contributed by atoms with van der Waals surface area (Å²) >= 11 is 3.30. The highest BCUT2D eigenvalue weighted by atomic mass is 79.9. The van der Waals surface area contributed by atoms with Crippen LogP contribution in [0.2, 0.25) is 0 Å².